The standard InChI is InChI=1S/C23H23FN2O3/c24-19-8-4-3-6-17(19)16-5-1-2-7-18(16)22-20(13-25)26(21(22)14-27)23(28)15-9-11-29-12-10-15/h1-8,15,20-22,27H,9-12,14H2/t20-,21+,22-/m1/s1. The predicted octanol–water partition coefficient (Wildman–Crippen LogP) is 3.10. The van der Waals surface area contributed by atoms with Gasteiger partial charge in [0.1, 0.15) is 11.9 Å². The largest absolute Gasteiger partial charge is 0.394 e. The Kier molecular flexibility index (Phi) is 5.61. The summed E-state index contributed by atoms with van der Waals surface area (Å²) in [6, 6.07) is 14.9. The number of amides is 1. The van der Waals surface area contributed by atoms with E-state index in [0.29, 0.717) is 37.2 Å². The van der Waals surface area contributed by atoms with Crippen molar-refractivity contribution in [2.24, 2.45) is 5.92 Å². The fourth-order valence-corrected chi connectivity index (χ4v) is 4.55. The molecule has 2 aromatic carbocycles. The number of carbonyl (C=O) groups is 1. The van der Waals surface area contributed by atoms with Crippen molar-refractivity contribution in [3.63, 3.8) is 0 Å². The van der Waals surface area contributed by atoms with Gasteiger partial charge >= 0.3 is 0 Å². The summed E-state index contributed by atoms with van der Waals surface area (Å²) >= 11 is 0. The van der Waals surface area contributed by atoms with Crippen LogP contribution < -0.4 is 0 Å². The lowest BCUT2D eigenvalue weighted by atomic mass is 9.72. The minimum atomic E-state index is -0.685. The van der Waals surface area contributed by atoms with Gasteiger partial charge in [0.15, 0.2) is 0 Å². The summed E-state index contributed by atoms with van der Waals surface area (Å²) in [6.07, 6.45) is 1.25. The molecule has 5 nitrogen and oxygen atoms in total. The molecule has 3 atom stereocenters. The number of hydrogen-bond donors (Lipinski definition) is 1. The van der Waals surface area contributed by atoms with Crippen LogP contribution in [0.3, 0.4) is 0 Å². The summed E-state index contributed by atoms with van der Waals surface area (Å²) in [7, 11) is 0. The number of aliphatic hydroxyl groups is 1. The number of benzene rings is 2. The molecule has 2 fully saturated rings. The smallest absolute Gasteiger partial charge is 0.227 e. The van der Waals surface area contributed by atoms with Crippen molar-refractivity contribution in [2.45, 2.75) is 30.8 Å². The van der Waals surface area contributed by atoms with E-state index in [-0.39, 0.29) is 30.2 Å². The molecule has 0 aliphatic carbocycles. The number of aliphatic hydroxyl groups excluding tert-OH is 1. The Bertz CT molecular complexity index is 936. The molecule has 1 amide bonds. The predicted molar refractivity (Wildman–Crippen MR) is 105 cm³/mol. The number of nitriles is 1. The second-order valence-electron chi connectivity index (χ2n) is 7.55. The summed E-state index contributed by atoms with van der Waals surface area (Å²) in [4.78, 5) is 14.6. The first-order valence-electron chi connectivity index (χ1n) is 9.91. The maximum Gasteiger partial charge on any atom is 0.227 e. The first-order chi connectivity index (χ1) is 14.2. The normalized spacial score (nSPS) is 24.6. The zero-order valence-electron chi connectivity index (χ0n) is 16.0. The molecule has 2 aromatic rings. The molecule has 0 aromatic heterocycles. The van der Waals surface area contributed by atoms with Gasteiger partial charge in [-0.3, -0.25) is 4.79 Å². The molecule has 2 heterocycles. The van der Waals surface area contributed by atoms with Crippen LogP contribution in [0.25, 0.3) is 11.1 Å². The van der Waals surface area contributed by atoms with Gasteiger partial charge in [0.2, 0.25) is 5.91 Å². The van der Waals surface area contributed by atoms with Gasteiger partial charge in [-0.1, -0.05) is 42.5 Å². The van der Waals surface area contributed by atoms with E-state index in [0.717, 1.165) is 5.56 Å². The topological polar surface area (TPSA) is 73.6 Å². The van der Waals surface area contributed by atoms with Crippen LogP contribution in [-0.2, 0) is 9.53 Å². The Morgan fingerprint density at radius 2 is 1.79 bits per heavy atom. The van der Waals surface area contributed by atoms with E-state index in [9.17, 15) is 19.6 Å². The number of rotatable bonds is 4. The summed E-state index contributed by atoms with van der Waals surface area (Å²) < 4.78 is 19.8. The molecule has 150 valence electrons. The van der Waals surface area contributed by atoms with Crippen molar-refractivity contribution in [1.29, 1.82) is 5.26 Å². The van der Waals surface area contributed by atoms with Crippen LogP contribution in [0.1, 0.15) is 24.3 Å². The van der Waals surface area contributed by atoms with E-state index in [1.54, 1.807) is 18.2 Å². The molecule has 1 N–H and O–H groups in total. The molecule has 29 heavy (non-hydrogen) atoms. The second kappa shape index (κ2) is 8.32. The molecule has 0 bridgehead atoms. The Hall–Kier alpha value is -2.75. The van der Waals surface area contributed by atoms with Crippen molar-refractivity contribution in [1.82, 2.24) is 4.90 Å². The molecule has 6 heteroatoms. The van der Waals surface area contributed by atoms with Gasteiger partial charge in [-0.2, -0.15) is 5.26 Å². The first kappa shape index (κ1) is 19.6. The van der Waals surface area contributed by atoms with Crippen LogP contribution in [0.2, 0.25) is 0 Å². The van der Waals surface area contributed by atoms with Crippen molar-refractivity contribution < 1.29 is 19.0 Å². The van der Waals surface area contributed by atoms with Crippen LogP contribution >= 0.6 is 0 Å². The summed E-state index contributed by atoms with van der Waals surface area (Å²) in [5, 5.41) is 19.9. The zero-order chi connectivity index (χ0) is 20.4. The molecule has 4 rings (SSSR count). The van der Waals surface area contributed by atoms with Crippen LogP contribution in [0.5, 0.6) is 0 Å². The lowest BCUT2D eigenvalue weighted by molar-refractivity contribution is -0.154. The van der Waals surface area contributed by atoms with Gasteiger partial charge in [-0.25, -0.2) is 4.39 Å². The number of carbonyl (C=O) groups excluding carboxylic acids is 1. The van der Waals surface area contributed by atoms with Crippen LogP contribution in [-0.4, -0.2) is 47.8 Å². The number of likely N-dealkylation sites (tertiary alicyclic amines) is 1. The van der Waals surface area contributed by atoms with Crippen LogP contribution in [0, 0.1) is 23.1 Å². The molecule has 2 saturated heterocycles. The van der Waals surface area contributed by atoms with Gasteiger partial charge in [-0.05, 0) is 30.0 Å². The highest BCUT2D eigenvalue weighted by Crippen LogP contribution is 2.45. The highest BCUT2D eigenvalue weighted by atomic mass is 19.1. The van der Waals surface area contributed by atoms with Gasteiger partial charge in [0.25, 0.3) is 0 Å². The third-order valence-electron chi connectivity index (χ3n) is 6.04. The van der Waals surface area contributed by atoms with E-state index >= 15 is 0 Å². The van der Waals surface area contributed by atoms with E-state index in [1.165, 1.54) is 11.0 Å². The number of halogens is 1. The minimum absolute atomic E-state index is 0.0986. The Balaban J connectivity index is 1.69. The maximum absolute atomic E-state index is 14.5. The SMILES string of the molecule is N#C[C@@H]1[C@@H](c2ccccc2-c2ccccc2F)[C@H](CO)N1C(=O)C1CCOCC1. The van der Waals surface area contributed by atoms with Crippen molar-refractivity contribution in [2.75, 3.05) is 19.8 Å². The van der Waals surface area contributed by atoms with Gasteiger partial charge in [-0.15, -0.1) is 0 Å². The third-order valence-corrected chi connectivity index (χ3v) is 6.04. The number of nitrogens with zero attached hydrogens (tertiary/aromatic N) is 2. The highest BCUT2D eigenvalue weighted by molar-refractivity contribution is 5.82. The lowest BCUT2D eigenvalue weighted by Crippen LogP contribution is -2.66. The third kappa shape index (κ3) is 3.41. The minimum Gasteiger partial charge on any atom is -0.394 e. The van der Waals surface area contributed by atoms with E-state index in [4.69, 9.17) is 4.74 Å². The first-order valence-corrected chi connectivity index (χ1v) is 9.91. The Morgan fingerprint density at radius 1 is 1.14 bits per heavy atom. The molecule has 2 aliphatic heterocycles. The monoisotopic (exact) mass is 394 g/mol. The summed E-state index contributed by atoms with van der Waals surface area (Å²) in [5.41, 5.74) is 1.91. The highest BCUT2D eigenvalue weighted by Gasteiger charge is 2.53. The second-order valence-corrected chi connectivity index (χ2v) is 7.55. The maximum atomic E-state index is 14.5. The average Bonchev–Trinajstić information content (AvgIpc) is 2.75. The quantitative estimate of drug-likeness (QED) is 0.865. The van der Waals surface area contributed by atoms with Crippen LogP contribution in [0.15, 0.2) is 48.5 Å². The molecule has 0 unspecified atom stereocenters. The number of ether oxygens (including phenoxy) is 1. The van der Waals surface area contributed by atoms with E-state index in [2.05, 4.69) is 6.07 Å². The molecule has 0 saturated carbocycles. The van der Waals surface area contributed by atoms with Crippen molar-refractivity contribution in [3.8, 4) is 17.2 Å². The molecule has 2 aliphatic rings. The van der Waals surface area contributed by atoms with Gasteiger partial charge in [0, 0.05) is 30.6 Å². The lowest BCUT2D eigenvalue weighted by Gasteiger charge is -2.53. The number of hydrogen-bond acceptors (Lipinski definition) is 4. The van der Waals surface area contributed by atoms with Crippen LogP contribution in [0.4, 0.5) is 4.39 Å². The van der Waals surface area contributed by atoms with Crippen molar-refractivity contribution in [3.05, 3.63) is 59.9 Å². The Morgan fingerprint density at radius 3 is 2.45 bits per heavy atom. The Labute approximate surface area is 169 Å². The fourth-order valence-electron chi connectivity index (χ4n) is 4.55. The molecular formula is C23H23FN2O3. The molecule has 0 radical (unpaired) electrons. The van der Waals surface area contributed by atoms with Crippen molar-refractivity contribution >= 4 is 5.91 Å². The van der Waals surface area contributed by atoms with Gasteiger partial charge in [0.05, 0.1) is 18.7 Å². The molecule has 0 spiro atoms. The molecular weight excluding hydrogens is 371 g/mol. The van der Waals surface area contributed by atoms with Gasteiger partial charge < -0.3 is 14.7 Å². The summed E-state index contributed by atoms with van der Waals surface area (Å²) in [6.45, 7) is 0.818. The zero-order valence-corrected chi connectivity index (χ0v) is 16.0. The average molecular weight is 394 g/mol. The van der Waals surface area contributed by atoms with E-state index in [1.807, 2.05) is 24.3 Å². The fraction of sp³-hybridized carbons (Fsp3) is 0.391. The summed E-state index contributed by atoms with van der Waals surface area (Å²) in [5.74, 6) is -0.997. The van der Waals surface area contributed by atoms with E-state index < -0.39 is 12.1 Å².